The van der Waals surface area contributed by atoms with E-state index in [4.69, 9.17) is 0 Å². The molecule has 2 heterocycles. The molecule has 0 aromatic heterocycles. The van der Waals surface area contributed by atoms with Crippen LogP contribution in [-0.2, 0) is 4.79 Å². The van der Waals surface area contributed by atoms with Crippen molar-refractivity contribution in [1.82, 2.24) is 4.90 Å². The molecule has 2 saturated heterocycles. The van der Waals surface area contributed by atoms with Gasteiger partial charge in [-0.15, -0.1) is 0 Å². The third-order valence-electron chi connectivity index (χ3n) is 5.73. The molecular weight excluding hydrogens is 262 g/mol. The van der Waals surface area contributed by atoms with E-state index in [0.717, 1.165) is 12.3 Å². The number of rotatable bonds is 4. The predicted octanol–water partition coefficient (Wildman–Crippen LogP) is 3.12. The number of hydrogen-bond donors (Lipinski definition) is 1. The van der Waals surface area contributed by atoms with Crippen molar-refractivity contribution in [2.75, 3.05) is 6.54 Å². The highest BCUT2D eigenvalue weighted by atomic mass is 16.4. The maximum Gasteiger partial charge on any atom is 0.307 e. The number of carboxylic acids is 1. The van der Waals surface area contributed by atoms with Gasteiger partial charge in [0.05, 0.1) is 5.92 Å². The van der Waals surface area contributed by atoms with E-state index in [-0.39, 0.29) is 11.8 Å². The Hall–Kier alpha value is -1.35. The lowest BCUT2D eigenvalue weighted by molar-refractivity contribution is -0.145. The van der Waals surface area contributed by atoms with Crippen molar-refractivity contribution in [3.63, 3.8) is 0 Å². The van der Waals surface area contributed by atoms with Crippen LogP contribution in [0.15, 0.2) is 30.3 Å². The summed E-state index contributed by atoms with van der Waals surface area (Å²) in [6.45, 7) is 1.20. The number of benzene rings is 1. The minimum Gasteiger partial charge on any atom is -0.481 e. The minimum absolute atomic E-state index is 0.168. The molecule has 112 valence electrons. The van der Waals surface area contributed by atoms with Crippen molar-refractivity contribution in [2.45, 2.75) is 50.1 Å². The first-order chi connectivity index (χ1) is 10.2. The molecule has 1 aliphatic carbocycles. The molecule has 0 radical (unpaired) electrons. The second kappa shape index (κ2) is 5.13. The number of carbonyl (C=O) groups is 1. The second-order valence-electron chi connectivity index (χ2n) is 7.06. The molecule has 1 aromatic rings. The number of fused-ring (bicyclic) bond motifs is 2. The van der Waals surface area contributed by atoms with Crippen LogP contribution in [0.5, 0.6) is 0 Å². The van der Waals surface area contributed by atoms with Gasteiger partial charge >= 0.3 is 5.97 Å². The highest BCUT2D eigenvalue weighted by molar-refractivity contribution is 5.72. The van der Waals surface area contributed by atoms with Crippen LogP contribution in [-0.4, -0.2) is 34.6 Å². The van der Waals surface area contributed by atoms with E-state index in [1.54, 1.807) is 0 Å². The van der Waals surface area contributed by atoms with Crippen molar-refractivity contribution in [3.05, 3.63) is 35.9 Å². The lowest BCUT2D eigenvalue weighted by Crippen LogP contribution is -2.50. The van der Waals surface area contributed by atoms with E-state index in [1.807, 2.05) is 18.2 Å². The highest BCUT2D eigenvalue weighted by Crippen LogP contribution is 2.48. The summed E-state index contributed by atoms with van der Waals surface area (Å²) in [5, 5.41) is 9.70. The molecular formula is C18H23NO2. The van der Waals surface area contributed by atoms with Crippen LogP contribution in [0.25, 0.3) is 0 Å². The number of aliphatic carboxylic acids is 1. The van der Waals surface area contributed by atoms with Crippen LogP contribution in [0.2, 0.25) is 0 Å². The van der Waals surface area contributed by atoms with Crippen LogP contribution in [0.1, 0.15) is 43.6 Å². The first-order valence-electron chi connectivity index (χ1n) is 8.27. The van der Waals surface area contributed by atoms with Gasteiger partial charge in [-0.3, -0.25) is 9.69 Å². The second-order valence-corrected chi connectivity index (χ2v) is 7.06. The first kappa shape index (κ1) is 13.3. The van der Waals surface area contributed by atoms with Crippen molar-refractivity contribution in [2.24, 2.45) is 11.8 Å². The van der Waals surface area contributed by atoms with Gasteiger partial charge in [0.1, 0.15) is 0 Å². The summed E-state index contributed by atoms with van der Waals surface area (Å²) in [4.78, 5) is 14.4. The predicted molar refractivity (Wildman–Crippen MR) is 81.2 cm³/mol. The Bertz CT molecular complexity index is 525. The van der Waals surface area contributed by atoms with E-state index in [9.17, 15) is 9.90 Å². The van der Waals surface area contributed by atoms with Gasteiger partial charge in [-0.1, -0.05) is 30.3 Å². The fraction of sp³-hybridized carbons (Fsp3) is 0.611. The highest BCUT2D eigenvalue weighted by Gasteiger charge is 2.50. The summed E-state index contributed by atoms with van der Waals surface area (Å²) >= 11 is 0. The van der Waals surface area contributed by atoms with Gasteiger partial charge in [0.25, 0.3) is 0 Å². The molecule has 21 heavy (non-hydrogen) atoms. The standard InChI is InChI=1S/C18H23NO2/c20-18(21)15-10-14-8-9-16(19(14)11-12-6-7-12)17(15)13-4-2-1-3-5-13/h1-5,12,14-17H,6-11H2,(H,20,21). The maximum absolute atomic E-state index is 11.8. The summed E-state index contributed by atoms with van der Waals surface area (Å²) in [7, 11) is 0. The lowest BCUT2D eigenvalue weighted by Gasteiger charge is -2.43. The summed E-state index contributed by atoms with van der Waals surface area (Å²) in [5.41, 5.74) is 1.22. The van der Waals surface area contributed by atoms with Gasteiger partial charge < -0.3 is 5.11 Å². The normalized spacial score (nSPS) is 35.8. The number of piperidine rings is 1. The molecule has 3 heteroatoms. The van der Waals surface area contributed by atoms with Crippen molar-refractivity contribution < 1.29 is 9.90 Å². The zero-order chi connectivity index (χ0) is 14.4. The van der Waals surface area contributed by atoms with E-state index >= 15 is 0 Å². The summed E-state index contributed by atoms with van der Waals surface area (Å²) in [6.07, 6.45) is 5.92. The van der Waals surface area contributed by atoms with E-state index in [1.165, 1.54) is 37.8 Å². The fourth-order valence-electron chi connectivity index (χ4n) is 4.58. The summed E-state index contributed by atoms with van der Waals surface area (Å²) in [5.74, 6) is 0.235. The third kappa shape index (κ3) is 2.38. The summed E-state index contributed by atoms with van der Waals surface area (Å²) < 4.78 is 0. The van der Waals surface area contributed by atoms with Crippen molar-refractivity contribution >= 4 is 5.97 Å². The molecule has 0 amide bonds. The number of hydrogen-bond acceptors (Lipinski definition) is 2. The Morgan fingerprint density at radius 1 is 1.14 bits per heavy atom. The fourth-order valence-corrected chi connectivity index (χ4v) is 4.58. The van der Waals surface area contributed by atoms with Gasteiger partial charge in [-0.05, 0) is 43.6 Å². The Morgan fingerprint density at radius 2 is 1.90 bits per heavy atom. The SMILES string of the molecule is O=C(O)C1CC2CCC(C1c1ccccc1)N2CC1CC1. The van der Waals surface area contributed by atoms with Crippen LogP contribution in [0.3, 0.4) is 0 Å². The molecule has 4 atom stereocenters. The molecule has 0 spiro atoms. The Labute approximate surface area is 126 Å². The third-order valence-corrected chi connectivity index (χ3v) is 5.73. The van der Waals surface area contributed by atoms with Gasteiger partial charge in [-0.25, -0.2) is 0 Å². The monoisotopic (exact) mass is 285 g/mol. The molecule has 2 bridgehead atoms. The molecule has 2 aliphatic heterocycles. The van der Waals surface area contributed by atoms with Crippen LogP contribution < -0.4 is 0 Å². The summed E-state index contributed by atoms with van der Waals surface area (Å²) in [6, 6.07) is 11.3. The maximum atomic E-state index is 11.8. The van der Waals surface area contributed by atoms with Crippen LogP contribution >= 0.6 is 0 Å². The van der Waals surface area contributed by atoms with Gasteiger partial charge in [-0.2, -0.15) is 0 Å². The van der Waals surface area contributed by atoms with Crippen molar-refractivity contribution in [1.29, 1.82) is 0 Å². The van der Waals surface area contributed by atoms with E-state index in [0.29, 0.717) is 12.1 Å². The smallest absolute Gasteiger partial charge is 0.307 e. The van der Waals surface area contributed by atoms with E-state index in [2.05, 4.69) is 17.0 Å². The van der Waals surface area contributed by atoms with Gasteiger partial charge in [0.15, 0.2) is 0 Å². The van der Waals surface area contributed by atoms with E-state index < -0.39 is 5.97 Å². The molecule has 3 nitrogen and oxygen atoms in total. The quantitative estimate of drug-likeness (QED) is 0.924. The molecule has 3 fully saturated rings. The zero-order valence-corrected chi connectivity index (χ0v) is 12.3. The molecule has 3 aliphatic rings. The molecule has 1 N–H and O–H groups in total. The Morgan fingerprint density at radius 3 is 2.57 bits per heavy atom. The lowest BCUT2D eigenvalue weighted by atomic mass is 9.75. The zero-order valence-electron chi connectivity index (χ0n) is 12.3. The largest absolute Gasteiger partial charge is 0.481 e. The molecule has 4 unspecified atom stereocenters. The Kier molecular flexibility index (Phi) is 3.26. The topological polar surface area (TPSA) is 40.5 Å². The van der Waals surface area contributed by atoms with Gasteiger partial charge in [0, 0.05) is 24.5 Å². The van der Waals surface area contributed by atoms with Crippen LogP contribution in [0, 0.1) is 11.8 Å². The van der Waals surface area contributed by atoms with Gasteiger partial charge in [0.2, 0.25) is 0 Å². The molecule has 4 rings (SSSR count). The molecule has 1 saturated carbocycles. The minimum atomic E-state index is -0.605. The number of nitrogens with zero attached hydrogens (tertiary/aromatic N) is 1. The molecule has 1 aromatic carbocycles. The number of carboxylic acid groups (broad SMARTS) is 1. The average molecular weight is 285 g/mol. The Balaban J connectivity index is 1.66. The average Bonchev–Trinajstić information content (AvgIpc) is 3.25. The van der Waals surface area contributed by atoms with Crippen LogP contribution in [0.4, 0.5) is 0 Å². The first-order valence-corrected chi connectivity index (χ1v) is 8.27. The van der Waals surface area contributed by atoms with Crippen molar-refractivity contribution in [3.8, 4) is 0 Å².